The number of unbranched alkanes of at least 4 members (excludes halogenated alkanes) is 3. The Morgan fingerprint density at radius 2 is 0.685 bits per heavy atom. The van der Waals surface area contributed by atoms with Crippen molar-refractivity contribution >= 4 is 17.8 Å². The zero-order valence-corrected chi connectivity index (χ0v) is 32.6. The van der Waals surface area contributed by atoms with Crippen LogP contribution in [0.15, 0.2) is 12.2 Å². The van der Waals surface area contributed by atoms with E-state index in [1.165, 1.54) is 12.2 Å². The van der Waals surface area contributed by atoms with Gasteiger partial charge in [-0.3, -0.25) is 19.3 Å². The molecule has 0 N–H and O–H groups in total. The van der Waals surface area contributed by atoms with Crippen LogP contribution < -0.4 is 0 Å². The van der Waals surface area contributed by atoms with E-state index in [-0.39, 0.29) is 37.5 Å². The summed E-state index contributed by atoms with van der Waals surface area (Å²) in [7, 11) is 0. The molecule has 0 radical (unpaired) electrons. The first-order chi connectivity index (χ1) is 26.6. The third kappa shape index (κ3) is 34.4. The van der Waals surface area contributed by atoms with Crippen molar-refractivity contribution in [3.8, 4) is 0 Å². The Hall–Kier alpha value is -2.13. The second kappa shape index (κ2) is 40.5. The molecule has 0 aromatic carbocycles. The zero-order valence-electron chi connectivity index (χ0n) is 32.6. The van der Waals surface area contributed by atoms with Crippen molar-refractivity contribution in [2.75, 3.05) is 172 Å². The first-order valence-electron chi connectivity index (χ1n) is 19.3. The lowest BCUT2D eigenvalue weighted by Crippen LogP contribution is -2.33. The minimum Gasteiger partial charge on any atom is -0.463 e. The molecule has 1 heterocycles. The number of hydrogen-bond donors (Lipinski definition) is 0. The van der Waals surface area contributed by atoms with Gasteiger partial charge in [-0.1, -0.05) is 26.2 Å². The number of ether oxygens (including phenoxy) is 13. The number of carbonyl (C=O) groups excluding carboxylic acids is 3. The van der Waals surface area contributed by atoms with Crippen LogP contribution in [-0.2, 0) is 76.0 Å². The lowest BCUT2D eigenvalue weighted by Gasteiger charge is -2.13. The van der Waals surface area contributed by atoms with E-state index in [0.29, 0.717) is 158 Å². The van der Waals surface area contributed by atoms with Crippen LogP contribution in [0.25, 0.3) is 0 Å². The van der Waals surface area contributed by atoms with Crippen LogP contribution in [0, 0.1) is 0 Å². The zero-order chi connectivity index (χ0) is 38.8. The molecule has 316 valence electrons. The van der Waals surface area contributed by atoms with Crippen LogP contribution in [0.3, 0.4) is 0 Å². The van der Waals surface area contributed by atoms with Crippen LogP contribution in [-0.4, -0.2) is 194 Å². The molecule has 0 aromatic heterocycles. The quantitative estimate of drug-likeness (QED) is 0.0495. The highest BCUT2D eigenvalue weighted by atomic mass is 16.6. The highest BCUT2D eigenvalue weighted by molar-refractivity contribution is 6.12. The highest BCUT2D eigenvalue weighted by Crippen LogP contribution is 2.04. The summed E-state index contributed by atoms with van der Waals surface area (Å²) >= 11 is 0. The second-order valence-corrected chi connectivity index (χ2v) is 11.5. The molecule has 1 rings (SSSR count). The van der Waals surface area contributed by atoms with Crippen LogP contribution in [0.5, 0.6) is 0 Å². The van der Waals surface area contributed by atoms with Gasteiger partial charge in [0, 0.05) is 18.6 Å². The number of nitrogens with zero attached hydrogens (tertiary/aromatic N) is 1. The molecule has 0 fully saturated rings. The van der Waals surface area contributed by atoms with E-state index in [1.54, 1.807) is 0 Å². The van der Waals surface area contributed by atoms with Crippen molar-refractivity contribution in [1.82, 2.24) is 4.90 Å². The molecule has 0 bridgehead atoms. The van der Waals surface area contributed by atoms with Gasteiger partial charge in [0.25, 0.3) is 11.8 Å². The van der Waals surface area contributed by atoms with Crippen LogP contribution in [0.1, 0.15) is 39.0 Å². The summed E-state index contributed by atoms with van der Waals surface area (Å²) in [5.41, 5.74) is 0. The van der Waals surface area contributed by atoms with E-state index < -0.39 is 0 Å². The van der Waals surface area contributed by atoms with E-state index in [1.807, 2.05) is 0 Å². The largest absolute Gasteiger partial charge is 0.463 e. The van der Waals surface area contributed by atoms with Crippen LogP contribution >= 0.6 is 0 Å². The minimum absolute atomic E-state index is 0.159. The fraction of sp³-hybridized carbons (Fsp3) is 0.865. The van der Waals surface area contributed by atoms with E-state index in [4.69, 9.17) is 61.6 Å². The SMILES string of the molecule is CCCCCCC(=O)OCCOCCOCCOCCOCCOCCOCCOCCOCCOCCOCCOCCOCCN1C(=O)C=CC1=O. The van der Waals surface area contributed by atoms with Gasteiger partial charge in [0.15, 0.2) is 0 Å². The molecule has 1 aliphatic heterocycles. The van der Waals surface area contributed by atoms with E-state index >= 15 is 0 Å². The second-order valence-electron chi connectivity index (χ2n) is 11.5. The number of rotatable bonds is 44. The molecule has 1 aliphatic rings. The topological polar surface area (TPSA) is 174 Å². The number of hydrogen-bond acceptors (Lipinski definition) is 16. The van der Waals surface area contributed by atoms with Crippen LogP contribution in [0.4, 0.5) is 0 Å². The van der Waals surface area contributed by atoms with Gasteiger partial charge >= 0.3 is 5.97 Å². The van der Waals surface area contributed by atoms with Gasteiger partial charge in [0.2, 0.25) is 0 Å². The van der Waals surface area contributed by atoms with Crippen molar-refractivity contribution < 1.29 is 76.0 Å². The Morgan fingerprint density at radius 3 is 0.981 bits per heavy atom. The fourth-order valence-corrected chi connectivity index (χ4v) is 4.31. The molecule has 0 aromatic rings. The summed E-state index contributed by atoms with van der Waals surface area (Å²) in [6.07, 6.45) is 7.24. The van der Waals surface area contributed by atoms with Crippen molar-refractivity contribution in [3.63, 3.8) is 0 Å². The predicted molar refractivity (Wildman–Crippen MR) is 195 cm³/mol. The third-order valence-corrected chi connectivity index (χ3v) is 7.18. The fourth-order valence-electron chi connectivity index (χ4n) is 4.31. The van der Waals surface area contributed by atoms with Crippen molar-refractivity contribution in [3.05, 3.63) is 12.2 Å². The average molecular weight is 782 g/mol. The van der Waals surface area contributed by atoms with Gasteiger partial charge in [-0.2, -0.15) is 0 Å². The number of imide groups is 1. The molecule has 0 spiro atoms. The lowest BCUT2D eigenvalue weighted by atomic mass is 10.2. The van der Waals surface area contributed by atoms with Crippen molar-refractivity contribution in [2.45, 2.75) is 39.0 Å². The first-order valence-corrected chi connectivity index (χ1v) is 19.3. The Morgan fingerprint density at radius 1 is 0.407 bits per heavy atom. The number of esters is 1. The Balaban J connectivity index is 1.62. The van der Waals surface area contributed by atoms with Gasteiger partial charge in [0.1, 0.15) is 6.61 Å². The van der Waals surface area contributed by atoms with Gasteiger partial charge in [-0.05, 0) is 6.42 Å². The maximum absolute atomic E-state index is 11.6. The molecule has 54 heavy (non-hydrogen) atoms. The number of amides is 2. The van der Waals surface area contributed by atoms with Crippen molar-refractivity contribution in [1.29, 1.82) is 0 Å². The van der Waals surface area contributed by atoms with Crippen LogP contribution in [0.2, 0.25) is 0 Å². The maximum atomic E-state index is 11.6. The Bertz CT molecular complexity index is 878. The minimum atomic E-state index is -0.310. The number of carbonyl (C=O) groups is 3. The molecule has 0 saturated heterocycles. The summed E-state index contributed by atoms with van der Waals surface area (Å²) < 4.78 is 70.5. The van der Waals surface area contributed by atoms with Crippen molar-refractivity contribution in [2.24, 2.45) is 0 Å². The molecule has 0 aliphatic carbocycles. The first kappa shape index (κ1) is 49.9. The molecular weight excluding hydrogens is 714 g/mol. The summed E-state index contributed by atoms with van der Waals surface area (Å²) in [4.78, 5) is 35.5. The normalized spacial score (nSPS) is 12.8. The highest BCUT2D eigenvalue weighted by Gasteiger charge is 2.22. The third-order valence-electron chi connectivity index (χ3n) is 7.18. The maximum Gasteiger partial charge on any atom is 0.305 e. The summed E-state index contributed by atoms with van der Waals surface area (Å²) in [6.45, 7) is 13.5. The molecule has 0 saturated carbocycles. The van der Waals surface area contributed by atoms with E-state index in [0.717, 1.165) is 30.6 Å². The Labute approximate surface area is 321 Å². The van der Waals surface area contributed by atoms with Gasteiger partial charge in [0.05, 0.1) is 165 Å². The molecular formula is C37H67NO16. The predicted octanol–water partition coefficient (Wildman–Crippen LogP) is 1.62. The molecule has 2 amide bonds. The smallest absolute Gasteiger partial charge is 0.305 e. The average Bonchev–Trinajstić information content (AvgIpc) is 3.49. The van der Waals surface area contributed by atoms with E-state index in [9.17, 15) is 14.4 Å². The molecule has 17 heteroatoms. The van der Waals surface area contributed by atoms with E-state index in [2.05, 4.69) is 6.92 Å². The Kier molecular flexibility index (Phi) is 37.4. The summed E-state index contributed by atoms with van der Waals surface area (Å²) in [5.74, 6) is -0.778. The summed E-state index contributed by atoms with van der Waals surface area (Å²) in [6, 6.07) is 0. The van der Waals surface area contributed by atoms with Gasteiger partial charge in [-0.25, -0.2) is 0 Å². The molecule has 0 atom stereocenters. The summed E-state index contributed by atoms with van der Waals surface area (Å²) in [5, 5.41) is 0. The standard InChI is InChI=1S/C37H67NO16/c1-2-3-4-5-6-37(41)54-34-33-53-32-31-52-30-29-51-28-27-50-26-25-49-24-23-48-22-21-47-20-19-46-18-17-45-16-15-44-14-13-43-12-11-42-10-9-38-35(39)7-8-36(38)40/h7-8H,2-6,9-34H2,1H3. The molecule has 17 nitrogen and oxygen atoms in total. The monoisotopic (exact) mass is 781 g/mol. The lowest BCUT2D eigenvalue weighted by molar-refractivity contribution is -0.145. The van der Waals surface area contributed by atoms with Gasteiger partial charge in [-0.15, -0.1) is 0 Å². The van der Waals surface area contributed by atoms with Gasteiger partial charge < -0.3 is 61.6 Å². The molecule has 0 unspecified atom stereocenters.